The van der Waals surface area contributed by atoms with Gasteiger partial charge in [0.25, 0.3) is 5.91 Å². The lowest BCUT2D eigenvalue weighted by molar-refractivity contribution is -0.127. The first-order valence-corrected chi connectivity index (χ1v) is 12.6. The third-order valence-electron chi connectivity index (χ3n) is 7.73. The zero-order valence-corrected chi connectivity index (χ0v) is 20.2. The monoisotopic (exact) mass is 500 g/mol. The molecule has 5 unspecified atom stereocenters. The van der Waals surface area contributed by atoms with E-state index < -0.39 is 12.1 Å². The van der Waals surface area contributed by atoms with Crippen LogP contribution in [-0.2, 0) is 9.59 Å². The summed E-state index contributed by atoms with van der Waals surface area (Å²) >= 11 is 12.4. The predicted octanol–water partition coefficient (Wildman–Crippen LogP) is 4.48. The summed E-state index contributed by atoms with van der Waals surface area (Å²) in [5.74, 6) is -0.249. The summed E-state index contributed by atoms with van der Waals surface area (Å²) in [6.45, 7) is 0.504. The minimum absolute atomic E-state index is 0.0683. The van der Waals surface area contributed by atoms with Crippen LogP contribution in [0.4, 0.5) is 0 Å². The Morgan fingerprint density at radius 1 is 1.21 bits per heavy atom. The molecule has 5 atom stereocenters. The molecular weight excluding hydrogens is 475 g/mol. The molecule has 7 nitrogen and oxygen atoms in total. The maximum Gasteiger partial charge on any atom is 0.271 e. The number of nitriles is 1. The van der Waals surface area contributed by atoms with Crippen LogP contribution in [0.25, 0.3) is 10.9 Å². The fraction of sp³-hybridized carbons (Fsp3) is 0.520. The van der Waals surface area contributed by atoms with E-state index in [2.05, 4.69) is 16.4 Å². The Labute approximate surface area is 207 Å². The van der Waals surface area contributed by atoms with Gasteiger partial charge in [-0.25, -0.2) is 0 Å². The molecule has 0 bridgehead atoms. The second-order valence-electron chi connectivity index (χ2n) is 9.77. The zero-order valence-electron chi connectivity index (χ0n) is 18.7. The van der Waals surface area contributed by atoms with Crippen molar-refractivity contribution in [2.24, 2.45) is 17.8 Å². The first kappa shape index (κ1) is 23.2. The highest BCUT2D eigenvalue weighted by molar-refractivity contribution is 6.38. The van der Waals surface area contributed by atoms with Crippen molar-refractivity contribution in [1.82, 2.24) is 15.2 Å². The van der Waals surface area contributed by atoms with Gasteiger partial charge >= 0.3 is 0 Å². The quantitative estimate of drug-likeness (QED) is 0.630. The first-order chi connectivity index (χ1) is 16.4. The smallest absolute Gasteiger partial charge is 0.271 e. The Bertz CT molecular complexity index is 1200. The second kappa shape index (κ2) is 9.24. The van der Waals surface area contributed by atoms with E-state index in [1.165, 1.54) is 0 Å². The topological polar surface area (TPSA) is 106 Å². The number of carbonyl (C=O) groups is 3. The molecule has 9 heteroatoms. The molecule has 178 valence electrons. The molecule has 2 N–H and O–H groups in total. The number of rotatable bonds is 5. The number of aromatic amines is 1. The standard InChI is InChI=1S/C25H26Cl2N4O3/c26-15-8-19(27)18-10-21(30-20(18)9-15)25(34)31-12-14-4-1-5-17(14)23(31)24(33)29-16(11-28)7-13-3-2-6-22(13)32/h8-10,13-14,16-17,23,30H,1-7,12H2,(H,29,33). The van der Waals surface area contributed by atoms with Gasteiger partial charge in [-0.2, -0.15) is 5.26 Å². The number of nitrogens with zero attached hydrogens (tertiary/aromatic N) is 2. The molecule has 2 amide bonds. The van der Waals surface area contributed by atoms with Gasteiger partial charge in [-0.05, 0) is 62.1 Å². The van der Waals surface area contributed by atoms with E-state index in [9.17, 15) is 19.6 Å². The molecule has 1 aromatic carbocycles. The SMILES string of the molecule is N#CC(CC1CCCC1=O)NC(=O)C1C2CCCC2CN1C(=O)c1cc2c(Cl)cc(Cl)cc2[nH]1. The van der Waals surface area contributed by atoms with Crippen LogP contribution in [0.3, 0.4) is 0 Å². The Hall–Kier alpha value is -2.56. The number of hydrogen-bond donors (Lipinski definition) is 2. The molecule has 3 fully saturated rings. The average molecular weight is 501 g/mol. The molecule has 5 rings (SSSR count). The molecule has 2 saturated carbocycles. The number of fused-ring (bicyclic) bond motifs is 2. The van der Waals surface area contributed by atoms with Crippen LogP contribution in [-0.4, -0.2) is 46.1 Å². The molecule has 1 aromatic heterocycles. The maximum absolute atomic E-state index is 13.6. The summed E-state index contributed by atoms with van der Waals surface area (Å²) in [7, 11) is 0. The minimum Gasteiger partial charge on any atom is -0.350 e. The van der Waals surface area contributed by atoms with E-state index in [1.807, 2.05) is 0 Å². The Kier molecular flexibility index (Phi) is 6.30. The number of aromatic nitrogens is 1. The van der Waals surface area contributed by atoms with Crippen LogP contribution in [0.15, 0.2) is 18.2 Å². The van der Waals surface area contributed by atoms with Crippen LogP contribution in [0.5, 0.6) is 0 Å². The Balaban J connectivity index is 1.38. The molecule has 2 aromatic rings. The number of ketones is 1. The van der Waals surface area contributed by atoms with E-state index in [4.69, 9.17) is 23.2 Å². The highest BCUT2D eigenvalue weighted by Crippen LogP contribution is 2.43. The van der Waals surface area contributed by atoms with Gasteiger partial charge in [-0.15, -0.1) is 0 Å². The maximum atomic E-state index is 13.6. The van der Waals surface area contributed by atoms with Gasteiger partial charge in [0.2, 0.25) is 5.91 Å². The lowest BCUT2D eigenvalue weighted by Gasteiger charge is -2.28. The van der Waals surface area contributed by atoms with Crippen molar-refractivity contribution in [3.63, 3.8) is 0 Å². The van der Waals surface area contributed by atoms with E-state index in [-0.39, 0.29) is 35.4 Å². The number of carbonyl (C=O) groups excluding carboxylic acids is 3. The van der Waals surface area contributed by atoms with Crippen molar-refractivity contribution in [1.29, 1.82) is 5.26 Å². The number of benzene rings is 1. The number of Topliss-reactive ketones (excluding diaryl/α,β-unsaturated/α-hetero) is 1. The lowest BCUT2D eigenvalue weighted by Crippen LogP contribution is -2.51. The number of likely N-dealkylation sites (tertiary alicyclic amines) is 1. The van der Waals surface area contributed by atoms with Gasteiger partial charge < -0.3 is 15.2 Å². The van der Waals surface area contributed by atoms with Gasteiger partial charge in [0.1, 0.15) is 23.6 Å². The van der Waals surface area contributed by atoms with Crippen LogP contribution < -0.4 is 5.32 Å². The van der Waals surface area contributed by atoms with Crippen molar-refractivity contribution < 1.29 is 14.4 Å². The third kappa shape index (κ3) is 4.18. The summed E-state index contributed by atoms with van der Waals surface area (Å²) < 4.78 is 0. The number of H-pyrrole nitrogens is 1. The molecule has 2 heterocycles. The van der Waals surface area contributed by atoms with Gasteiger partial charge in [-0.3, -0.25) is 14.4 Å². The molecule has 3 aliphatic rings. The lowest BCUT2D eigenvalue weighted by atomic mass is 9.92. The first-order valence-electron chi connectivity index (χ1n) is 11.9. The van der Waals surface area contributed by atoms with Gasteiger partial charge in [0.15, 0.2) is 0 Å². The fourth-order valence-electron chi connectivity index (χ4n) is 6.10. The molecular formula is C25H26Cl2N4O3. The molecule has 1 saturated heterocycles. The van der Waals surface area contributed by atoms with Crippen molar-refractivity contribution in [2.45, 2.75) is 57.0 Å². The van der Waals surface area contributed by atoms with Crippen molar-refractivity contribution >= 4 is 51.7 Å². The summed E-state index contributed by atoms with van der Waals surface area (Å²) in [5, 5.41) is 14.1. The largest absolute Gasteiger partial charge is 0.350 e. The van der Waals surface area contributed by atoms with Crippen LogP contribution in [0, 0.1) is 29.1 Å². The zero-order chi connectivity index (χ0) is 24.0. The van der Waals surface area contributed by atoms with Gasteiger partial charge in [0, 0.05) is 34.8 Å². The summed E-state index contributed by atoms with van der Waals surface area (Å²) in [6, 6.07) is 5.80. The van der Waals surface area contributed by atoms with Crippen LogP contribution in [0.2, 0.25) is 10.0 Å². The summed E-state index contributed by atoms with van der Waals surface area (Å²) in [6.07, 6.45) is 5.36. The van der Waals surface area contributed by atoms with E-state index >= 15 is 0 Å². The van der Waals surface area contributed by atoms with Crippen molar-refractivity contribution in [3.05, 3.63) is 33.9 Å². The molecule has 1 aliphatic heterocycles. The highest BCUT2D eigenvalue weighted by Gasteiger charge is 2.50. The number of nitrogens with one attached hydrogen (secondary N) is 2. The van der Waals surface area contributed by atoms with Gasteiger partial charge in [0.05, 0.1) is 11.1 Å². The Morgan fingerprint density at radius 3 is 2.76 bits per heavy atom. The number of amides is 2. The van der Waals surface area contributed by atoms with Crippen LogP contribution >= 0.6 is 23.2 Å². The third-order valence-corrected chi connectivity index (χ3v) is 8.26. The fourth-order valence-corrected chi connectivity index (χ4v) is 6.65. The predicted molar refractivity (Wildman–Crippen MR) is 128 cm³/mol. The van der Waals surface area contributed by atoms with Crippen LogP contribution in [0.1, 0.15) is 55.4 Å². The normalized spacial score (nSPS) is 27.1. The van der Waals surface area contributed by atoms with E-state index in [0.717, 1.165) is 32.1 Å². The minimum atomic E-state index is -0.744. The number of halogens is 2. The summed E-state index contributed by atoms with van der Waals surface area (Å²) in [4.78, 5) is 43.8. The molecule has 0 spiro atoms. The van der Waals surface area contributed by atoms with Crippen molar-refractivity contribution in [3.8, 4) is 6.07 Å². The molecule has 2 aliphatic carbocycles. The van der Waals surface area contributed by atoms with E-state index in [1.54, 1.807) is 23.1 Å². The van der Waals surface area contributed by atoms with E-state index in [0.29, 0.717) is 46.0 Å². The summed E-state index contributed by atoms with van der Waals surface area (Å²) in [5.41, 5.74) is 1.01. The highest BCUT2D eigenvalue weighted by atomic mass is 35.5. The second-order valence-corrected chi connectivity index (χ2v) is 10.6. The molecule has 0 radical (unpaired) electrons. The Morgan fingerprint density at radius 2 is 2.03 bits per heavy atom. The number of hydrogen-bond acceptors (Lipinski definition) is 4. The average Bonchev–Trinajstić information content (AvgIpc) is 3.56. The van der Waals surface area contributed by atoms with Gasteiger partial charge in [-0.1, -0.05) is 29.6 Å². The van der Waals surface area contributed by atoms with Crippen molar-refractivity contribution in [2.75, 3.05) is 6.54 Å². The molecule has 34 heavy (non-hydrogen) atoms.